The Balaban J connectivity index is 1.52. The third kappa shape index (κ3) is 6.13. The van der Waals surface area contributed by atoms with Crippen LogP contribution in [0.5, 0.6) is 0 Å². The van der Waals surface area contributed by atoms with E-state index in [1.165, 1.54) is 5.56 Å². The Morgan fingerprint density at radius 3 is 2.51 bits per heavy atom. The molecule has 0 atom stereocenters. The molecule has 9 heteroatoms. The molecule has 0 spiro atoms. The minimum Gasteiger partial charge on any atom is -0.444 e. The van der Waals surface area contributed by atoms with Crippen molar-refractivity contribution in [3.8, 4) is 17.3 Å². The van der Waals surface area contributed by atoms with E-state index in [4.69, 9.17) is 15.6 Å². The van der Waals surface area contributed by atoms with Crippen LogP contribution in [0.25, 0.3) is 11.3 Å². The molecule has 4 rings (SSSR count). The number of hydrogen-bond donors (Lipinski definition) is 1. The summed E-state index contributed by atoms with van der Waals surface area (Å²) in [5, 5.41) is 19.5. The third-order valence-corrected chi connectivity index (χ3v) is 6.62. The van der Waals surface area contributed by atoms with Gasteiger partial charge in [0, 0.05) is 24.8 Å². The normalized spacial score (nSPS) is 15.2. The lowest BCUT2D eigenvalue weighted by Crippen LogP contribution is -2.39. The van der Waals surface area contributed by atoms with Gasteiger partial charge in [0.1, 0.15) is 28.7 Å². The number of ether oxygens (including phenoxy) is 1. The van der Waals surface area contributed by atoms with Crippen LogP contribution in [-0.4, -0.2) is 49.2 Å². The molecule has 1 aromatic carbocycles. The molecule has 3 heterocycles. The molecule has 9 nitrogen and oxygen atoms in total. The van der Waals surface area contributed by atoms with Crippen LogP contribution in [0.15, 0.2) is 30.5 Å². The highest BCUT2D eigenvalue weighted by Gasteiger charge is 2.28. The first kappa shape index (κ1) is 26.3. The molecular formula is C28H37N7O2. The van der Waals surface area contributed by atoms with Crippen LogP contribution >= 0.6 is 0 Å². The van der Waals surface area contributed by atoms with Crippen molar-refractivity contribution in [3.05, 3.63) is 52.8 Å². The van der Waals surface area contributed by atoms with E-state index in [1.807, 2.05) is 49.3 Å². The topological polar surface area (TPSA) is 115 Å². The number of anilines is 1. The Hall–Kier alpha value is -3.80. The van der Waals surface area contributed by atoms with Crippen LogP contribution in [0.3, 0.4) is 0 Å². The lowest BCUT2D eigenvalue weighted by Gasteiger charge is -2.30. The van der Waals surface area contributed by atoms with Gasteiger partial charge in [-0.1, -0.05) is 29.8 Å². The van der Waals surface area contributed by atoms with Gasteiger partial charge in [-0.25, -0.2) is 9.48 Å². The number of nitriles is 1. The van der Waals surface area contributed by atoms with Crippen LogP contribution < -0.4 is 5.73 Å². The summed E-state index contributed by atoms with van der Waals surface area (Å²) in [6, 6.07) is 10.7. The number of aryl methyl sites for hydroxylation is 2. The Bertz CT molecular complexity index is 1300. The lowest BCUT2D eigenvalue weighted by molar-refractivity contribution is 0.0228. The summed E-state index contributed by atoms with van der Waals surface area (Å²) in [5.74, 6) is 0.387. The van der Waals surface area contributed by atoms with E-state index >= 15 is 0 Å². The van der Waals surface area contributed by atoms with Gasteiger partial charge >= 0.3 is 6.09 Å². The molecule has 37 heavy (non-hydrogen) atoms. The number of likely N-dealkylation sites (tertiary alicyclic amines) is 1. The monoisotopic (exact) mass is 503 g/mol. The predicted octanol–water partition coefficient (Wildman–Crippen LogP) is 5.22. The number of carbonyl (C=O) groups is 1. The standard InChI is InChI=1S/C28H37N7O2/c1-19-9-6-10-21(15-19)17-34-18-24(20(2)31-34)25-23(16-29)26(30)35(32-25)22-11-7-13-33(14-8-12-22)27(36)37-28(3,4)5/h6,9-10,15,18,22H,7-8,11-14,17,30H2,1-5H3. The van der Waals surface area contributed by atoms with E-state index < -0.39 is 5.60 Å². The number of aromatic nitrogens is 4. The molecule has 1 amide bonds. The SMILES string of the molecule is Cc1cccc(Cn2cc(-c3nn(C4CCCN(C(=O)OC(C)(C)C)CCC4)c(N)c3C#N)c(C)n2)c1. The lowest BCUT2D eigenvalue weighted by atomic mass is 10.0. The summed E-state index contributed by atoms with van der Waals surface area (Å²) in [5.41, 5.74) is 10.9. The summed E-state index contributed by atoms with van der Waals surface area (Å²) in [7, 11) is 0. The quantitative estimate of drug-likeness (QED) is 0.522. The van der Waals surface area contributed by atoms with Gasteiger partial charge in [0.25, 0.3) is 0 Å². The van der Waals surface area contributed by atoms with Gasteiger partial charge in [-0.15, -0.1) is 0 Å². The van der Waals surface area contributed by atoms with Crippen molar-refractivity contribution in [3.63, 3.8) is 0 Å². The van der Waals surface area contributed by atoms with Crippen LogP contribution in [0, 0.1) is 25.2 Å². The molecule has 0 unspecified atom stereocenters. The van der Waals surface area contributed by atoms with E-state index in [2.05, 4.69) is 36.3 Å². The van der Waals surface area contributed by atoms with E-state index in [9.17, 15) is 10.1 Å². The second-order valence-corrected chi connectivity index (χ2v) is 10.9. The Morgan fingerprint density at radius 2 is 1.89 bits per heavy atom. The largest absolute Gasteiger partial charge is 0.444 e. The molecule has 2 N–H and O–H groups in total. The minimum atomic E-state index is -0.512. The molecule has 2 aromatic heterocycles. The van der Waals surface area contributed by atoms with E-state index in [0.717, 1.165) is 42.5 Å². The highest BCUT2D eigenvalue weighted by molar-refractivity contribution is 5.73. The maximum absolute atomic E-state index is 12.5. The number of nitrogens with zero attached hydrogens (tertiary/aromatic N) is 6. The number of carbonyl (C=O) groups excluding carboxylic acids is 1. The zero-order valence-corrected chi connectivity index (χ0v) is 22.5. The number of amides is 1. The fourth-order valence-corrected chi connectivity index (χ4v) is 4.90. The van der Waals surface area contributed by atoms with Crippen LogP contribution in [0.1, 0.15) is 74.9 Å². The van der Waals surface area contributed by atoms with Gasteiger partial charge < -0.3 is 15.4 Å². The molecule has 3 aromatic rings. The van der Waals surface area contributed by atoms with Crippen molar-refractivity contribution in [1.29, 1.82) is 5.26 Å². The zero-order valence-electron chi connectivity index (χ0n) is 22.5. The Kier molecular flexibility index (Phi) is 7.58. The van der Waals surface area contributed by atoms with Gasteiger partial charge in [0.2, 0.25) is 0 Å². The third-order valence-electron chi connectivity index (χ3n) is 6.62. The van der Waals surface area contributed by atoms with Crippen molar-refractivity contribution >= 4 is 11.9 Å². The molecule has 0 saturated carbocycles. The fraction of sp³-hybridized carbons (Fsp3) is 0.500. The molecule has 196 valence electrons. The molecular weight excluding hydrogens is 466 g/mol. The summed E-state index contributed by atoms with van der Waals surface area (Å²) >= 11 is 0. The Morgan fingerprint density at radius 1 is 1.19 bits per heavy atom. The van der Waals surface area contributed by atoms with Crippen LogP contribution in [0.4, 0.5) is 10.6 Å². The summed E-state index contributed by atoms with van der Waals surface area (Å²) in [4.78, 5) is 14.3. The van der Waals surface area contributed by atoms with Gasteiger partial charge in [-0.2, -0.15) is 15.5 Å². The average molecular weight is 504 g/mol. The number of nitrogens with two attached hydrogens (primary N) is 1. The van der Waals surface area contributed by atoms with E-state index in [0.29, 0.717) is 36.7 Å². The average Bonchev–Trinajstić information content (AvgIpc) is 3.31. The first-order valence-electron chi connectivity index (χ1n) is 12.9. The van der Waals surface area contributed by atoms with Crippen LogP contribution in [0.2, 0.25) is 0 Å². The van der Waals surface area contributed by atoms with Gasteiger partial charge in [0.05, 0.1) is 18.3 Å². The second-order valence-electron chi connectivity index (χ2n) is 10.9. The van der Waals surface area contributed by atoms with Gasteiger partial charge in [-0.3, -0.25) is 4.68 Å². The number of rotatable bonds is 4. The molecule has 1 fully saturated rings. The van der Waals surface area contributed by atoms with Crippen molar-refractivity contribution in [2.45, 2.75) is 78.5 Å². The highest BCUT2D eigenvalue weighted by Crippen LogP contribution is 2.33. The Labute approximate surface area is 218 Å². The van der Waals surface area contributed by atoms with E-state index in [1.54, 1.807) is 4.90 Å². The van der Waals surface area contributed by atoms with Crippen molar-refractivity contribution in [2.24, 2.45) is 0 Å². The minimum absolute atomic E-state index is 0.0595. The first-order valence-corrected chi connectivity index (χ1v) is 12.9. The van der Waals surface area contributed by atoms with E-state index in [-0.39, 0.29) is 12.1 Å². The maximum atomic E-state index is 12.5. The molecule has 0 aliphatic carbocycles. The predicted molar refractivity (Wildman–Crippen MR) is 143 cm³/mol. The molecule has 1 aliphatic rings. The summed E-state index contributed by atoms with van der Waals surface area (Å²) in [6.07, 6.45) is 4.89. The number of nitrogen functional groups attached to an aromatic ring is 1. The summed E-state index contributed by atoms with van der Waals surface area (Å²) in [6.45, 7) is 11.5. The van der Waals surface area contributed by atoms with Gasteiger partial charge in [-0.05, 0) is 65.9 Å². The molecule has 0 bridgehead atoms. The van der Waals surface area contributed by atoms with Gasteiger partial charge in [0.15, 0.2) is 0 Å². The van der Waals surface area contributed by atoms with Crippen molar-refractivity contribution in [1.82, 2.24) is 24.5 Å². The van der Waals surface area contributed by atoms with Crippen molar-refractivity contribution < 1.29 is 9.53 Å². The number of benzene rings is 1. The molecule has 1 aliphatic heterocycles. The molecule has 0 radical (unpaired) electrons. The highest BCUT2D eigenvalue weighted by atomic mass is 16.6. The maximum Gasteiger partial charge on any atom is 0.410 e. The number of hydrogen-bond acceptors (Lipinski definition) is 6. The second kappa shape index (κ2) is 10.7. The van der Waals surface area contributed by atoms with Crippen molar-refractivity contribution in [2.75, 3.05) is 18.8 Å². The first-order chi connectivity index (χ1) is 17.6. The summed E-state index contributed by atoms with van der Waals surface area (Å²) < 4.78 is 9.25. The van der Waals surface area contributed by atoms with Crippen LogP contribution in [-0.2, 0) is 11.3 Å². The fourth-order valence-electron chi connectivity index (χ4n) is 4.90. The smallest absolute Gasteiger partial charge is 0.410 e. The molecule has 1 saturated heterocycles. The zero-order chi connectivity index (χ0) is 26.7.